The Kier molecular flexibility index (Phi) is 2.32. The fourth-order valence-corrected chi connectivity index (χ4v) is 2.00. The lowest BCUT2D eigenvalue weighted by Crippen LogP contribution is -2.00. The molecule has 86 valence electrons. The summed E-state index contributed by atoms with van der Waals surface area (Å²) in [6.45, 7) is 0.764. The summed E-state index contributed by atoms with van der Waals surface area (Å²) in [5, 5.41) is 9.96. The van der Waals surface area contributed by atoms with Crippen molar-refractivity contribution in [2.75, 3.05) is 6.54 Å². The minimum Gasteiger partial charge on any atom is -0.506 e. The Hall–Kier alpha value is -1.90. The van der Waals surface area contributed by atoms with E-state index in [-0.39, 0.29) is 11.5 Å². The number of aliphatic imine (C=N–C) groups is 1. The SMILES string of the molecule is O=C1C(C=NCC2CC2)=C(O)c2ccccc21. The van der Waals surface area contributed by atoms with Gasteiger partial charge in [-0.15, -0.1) is 0 Å². The Bertz CT molecular complexity index is 539. The van der Waals surface area contributed by atoms with Crippen molar-refractivity contribution in [2.24, 2.45) is 10.9 Å². The van der Waals surface area contributed by atoms with Crippen molar-refractivity contribution in [1.29, 1.82) is 0 Å². The van der Waals surface area contributed by atoms with E-state index in [1.54, 1.807) is 18.2 Å². The molecule has 3 nitrogen and oxygen atoms in total. The zero-order valence-corrected chi connectivity index (χ0v) is 9.39. The highest BCUT2D eigenvalue weighted by molar-refractivity contribution is 6.30. The molecule has 2 aliphatic carbocycles. The van der Waals surface area contributed by atoms with Crippen LogP contribution in [0.4, 0.5) is 0 Å². The Labute approximate surface area is 99.5 Å². The van der Waals surface area contributed by atoms with Crippen LogP contribution in [0.3, 0.4) is 0 Å². The number of fused-ring (bicyclic) bond motifs is 1. The van der Waals surface area contributed by atoms with Gasteiger partial charge < -0.3 is 5.11 Å². The fourth-order valence-electron chi connectivity index (χ4n) is 2.00. The van der Waals surface area contributed by atoms with E-state index in [1.165, 1.54) is 19.1 Å². The predicted molar refractivity (Wildman–Crippen MR) is 66.4 cm³/mol. The van der Waals surface area contributed by atoms with Crippen LogP contribution in [-0.2, 0) is 0 Å². The van der Waals surface area contributed by atoms with Crippen LogP contribution in [0.25, 0.3) is 5.76 Å². The molecular weight excluding hydrogens is 214 g/mol. The Morgan fingerprint density at radius 3 is 2.65 bits per heavy atom. The van der Waals surface area contributed by atoms with Crippen molar-refractivity contribution in [2.45, 2.75) is 12.8 Å². The van der Waals surface area contributed by atoms with Crippen LogP contribution in [0, 0.1) is 5.92 Å². The number of aliphatic hydroxyl groups excluding tert-OH is 1. The van der Waals surface area contributed by atoms with Gasteiger partial charge in [0.2, 0.25) is 0 Å². The van der Waals surface area contributed by atoms with Gasteiger partial charge in [0.25, 0.3) is 0 Å². The molecule has 0 saturated heterocycles. The van der Waals surface area contributed by atoms with E-state index in [0.29, 0.717) is 22.6 Å². The number of hydrogen-bond acceptors (Lipinski definition) is 3. The van der Waals surface area contributed by atoms with E-state index in [4.69, 9.17) is 0 Å². The number of hydrogen-bond donors (Lipinski definition) is 1. The lowest BCUT2D eigenvalue weighted by Gasteiger charge is -1.95. The zero-order valence-electron chi connectivity index (χ0n) is 9.39. The molecule has 0 aromatic heterocycles. The topological polar surface area (TPSA) is 49.7 Å². The van der Waals surface area contributed by atoms with Gasteiger partial charge in [-0.05, 0) is 18.8 Å². The lowest BCUT2D eigenvalue weighted by molar-refractivity contribution is 0.104. The van der Waals surface area contributed by atoms with Gasteiger partial charge in [-0.3, -0.25) is 9.79 Å². The molecule has 0 bridgehead atoms. The van der Waals surface area contributed by atoms with Crippen molar-refractivity contribution in [3.63, 3.8) is 0 Å². The smallest absolute Gasteiger partial charge is 0.199 e. The number of ketones is 1. The van der Waals surface area contributed by atoms with Gasteiger partial charge in [0, 0.05) is 23.9 Å². The number of allylic oxidation sites excluding steroid dienone is 1. The maximum atomic E-state index is 12.0. The summed E-state index contributed by atoms with van der Waals surface area (Å²) in [6, 6.07) is 7.10. The largest absolute Gasteiger partial charge is 0.506 e. The molecule has 0 radical (unpaired) electrons. The number of Topliss-reactive ketones (excluding diaryl/α,β-unsaturated/α-hetero) is 1. The first kappa shape index (κ1) is 10.3. The predicted octanol–water partition coefficient (Wildman–Crippen LogP) is 2.63. The average molecular weight is 227 g/mol. The quantitative estimate of drug-likeness (QED) is 0.807. The first-order valence-electron chi connectivity index (χ1n) is 5.84. The Morgan fingerprint density at radius 1 is 1.29 bits per heavy atom. The highest BCUT2D eigenvalue weighted by atomic mass is 16.3. The van der Waals surface area contributed by atoms with Gasteiger partial charge >= 0.3 is 0 Å². The first-order chi connectivity index (χ1) is 8.27. The maximum absolute atomic E-state index is 12.0. The number of nitrogens with zero attached hydrogens (tertiary/aromatic N) is 1. The Morgan fingerprint density at radius 2 is 2.00 bits per heavy atom. The van der Waals surface area contributed by atoms with Crippen molar-refractivity contribution in [3.8, 4) is 0 Å². The number of carbonyl (C=O) groups is 1. The van der Waals surface area contributed by atoms with Crippen LogP contribution in [0.15, 0.2) is 34.8 Å². The molecule has 1 N–H and O–H groups in total. The van der Waals surface area contributed by atoms with Crippen LogP contribution >= 0.6 is 0 Å². The van der Waals surface area contributed by atoms with Crippen LogP contribution in [-0.4, -0.2) is 23.6 Å². The summed E-state index contributed by atoms with van der Waals surface area (Å²) in [5.41, 5.74) is 1.51. The average Bonchev–Trinajstić information content (AvgIpc) is 3.13. The van der Waals surface area contributed by atoms with Gasteiger partial charge in [-0.25, -0.2) is 0 Å². The van der Waals surface area contributed by atoms with Crippen LogP contribution < -0.4 is 0 Å². The van der Waals surface area contributed by atoms with Gasteiger partial charge in [0.05, 0.1) is 5.57 Å². The molecular formula is C14H13NO2. The van der Waals surface area contributed by atoms with Crippen molar-refractivity contribution in [1.82, 2.24) is 0 Å². The molecule has 1 fully saturated rings. The van der Waals surface area contributed by atoms with Crippen LogP contribution in [0.2, 0.25) is 0 Å². The van der Waals surface area contributed by atoms with Gasteiger partial charge in [0.15, 0.2) is 5.78 Å². The molecule has 0 aliphatic heterocycles. The molecule has 2 aliphatic rings. The standard InChI is InChI=1S/C14H13NO2/c16-13-10-3-1-2-4-11(10)14(17)12(13)8-15-7-9-5-6-9/h1-4,8-9,16H,5-7H2. The van der Waals surface area contributed by atoms with Crippen LogP contribution in [0.5, 0.6) is 0 Å². The third-order valence-electron chi connectivity index (χ3n) is 3.21. The highest BCUT2D eigenvalue weighted by Gasteiger charge is 2.28. The normalized spacial score (nSPS) is 19.2. The van der Waals surface area contributed by atoms with E-state index < -0.39 is 0 Å². The summed E-state index contributed by atoms with van der Waals surface area (Å²) < 4.78 is 0. The number of aliphatic hydroxyl groups is 1. The summed E-state index contributed by atoms with van der Waals surface area (Å²) >= 11 is 0. The molecule has 3 rings (SSSR count). The summed E-state index contributed by atoms with van der Waals surface area (Å²) in [7, 11) is 0. The molecule has 0 unspecified atom stereocenters. The first-order valence-corrected chi connectivity index (χ1v) is 5.84. The lowest BCUT2D eigenvalue weighted by atomic mass is 10.1. The van der Waals surface area contributed by atoms with Gasteiger partial charge in [0.1, 0.15) is 5.76 Å². The van der Waals surface area contributed by atoms with Crippen molar-refractivity contribution >= 4 is 17.8 Å². The van der Waals surface area contributed by atoms with Crippen molar-refractivity contribution in [3.05, 3.63) is 41.0 Å². The molecule has 17 heavy (non-hydrogen) atoms. The molecule has 0 amide bonds. The second-order valence-electron chi connectivity index (χ2n) is 4.57. The molecule has 0 heterocycles. The van der Waals surface area contributed by atoms with E-state index in [0.717, 1.165) is 6.54 Å². The maximum Gasteiger partial charge on any atom is 0.199 e. The van der Waals surface area contributed by atoms with Crippen LogP contribution in [0.1, 0.15) is 28.8 Å². The number of carbonyl (C=O) groups excluding carboxylic acids is 1. The summed E-state index contributed by atoms with van der Waals surface area (Å²) in [5.74, 6) is 0.621. The second kappa shape index (κ2) is 3.84. The van der Waals surface area contributed by atoms with Crippen molar-refractivity contribution < 1.29 is 9.90 Å². The van der Waals surface area contributed by atoms with E-state index >= 15 is 0 Å². The fraction of sp³-hybridized carbons (Fsp3) is 0.286. The van der Waals surface area contributed by atoms with E-state index in [2.05, 4.69) is 4.99 Å². The minimum absolute atomic E-state index is 0.0603. The molecule has 3 heteroatoms. The monoisotopic (exact) mass is 227 g/mol. The van der Waals surface area contributed by atoms with Gasteiger partial charge in [-0.2, -0.15) is 0 Å². The Balaban J connectivity index is 1.88. The molecule has 1 aromatic rings. The zero-order chi connectivity index (χ0) is 11.8. The third kappa shape index (κ3) is 1.78. The highest BCUT2D eigenvalue weighted by Crippen LogP contribution is 2.31. The number of rotatable bonds is 3. The third-order valence-corrected chi connectivity index (χ3v) is 3.21. The number of benzene rings is 1. The van der Waals surface area contributed by atoms with Gasteiger partial charge in [-0.1, -0.05) is 24.3 Å². The van der Waals surface area contributed by atoms with E-state index in [1.807, 2.05) is 6.07 Å². The summed E-state index contributed by atoms with van der Waals surface area (Å²) in [6.07, 6.45) is 3.99. The van der Waals surface area contributed by atoms with E-state index in [9.17, 15) is 9.90 Å². The molecule has 1 aromatic carbocycles. The second-order valence-corrected chi connectivity index (χ2v) is 4.57. The summed E-state index contributed by atoms with van der Waals surface area (Å²) in [4.78, 5) is 16.2. The molecule has 1 saturated carbocycles. The minimum atomic E-state index is -0.127. The molecule has 0 atom stereocenters. The molecule has 0 spiro atoms.